The Kier molecular flexibility index (Phi) is 3.30. The second kappa shape index (κ2) is 4.27. The number of Topliss-reactive ketones (excluding diaryl/α,β-unsaturated/α-hetero) is 1. The molecule has 0 saturated heterocycles. The zero-order valence-corrected chi connectivity index (χ0v) is 8.75. The molecule has 0 aliphatic carbocycles. The van der Waals surface area contributed by atoms with Gasteiger partial charge in [0.25, 0.3) is 0 Å². The van der Waals surface area contributed by atoms with Gasteiger partial charge in [0.1, 0.15) is 0 Å². The molecule has 0 unspecified atom stereocenters. The van der Waals surface area contributed by atoms with E-state index in [1.807, 2.05) is 12.1 Å². The molecule has 0 N–H and O–H groups in total. The van der Waals surface area contributed by atoms with Crippen molar-refractivity contribution in [3.8, 4) is 11.8 Å². The number of carbonyl (C=O) groups is 1. The second-order valence-electron chi connectivity index (χ2n) is 2.21. The number of benzene rings is 1. The lowest BCUT2D eigenvalue weighted by molar-refractivity contribution is 0.105. The smallest absolute Gasteiger partial charge is 0.235 e. The number of hydrogen-bond acceptors (Lipinski definition) is 1. The molecule has 0 aliphatic heterocycles. The molecule has 0 bridgehead atoms. The van der Waals surface area contributed by atoms with Gasteiger partial charge < -0.3 is 0 Å². The van der Waals surface area contributed by atoms with Crippen LogP contribution in [-0.4, -0.2) is 5.78 Å². The molecule has 1 aromatic carbocycles. The van der Waals surface area contributed by atoms with Gasteiger partial charge in [0.2, 0.25) is 5.78 Å². The molecule has 0 fully saturated rings. The molecule has 1 aromatic rings. The van der Waals surface area contributed by atoms with Crippen molar-refractivity contribution >= 4 is 28.4 Å². The molecule has 12 heavy (non-hydrogen) atoms. The van der Waals surface area contributed by atoms with Crippen molar-refractivity contribution in [2.75, 3.05) is 0 Å². The summed E-state index contributed by atoms with van der Waals surface area (Å²) in [4.78, 5) is 11.2. The van der Waals surface area contributed by atoms with Gasteiger partial charge in [0, 0.05) is 9.13 Å². The van der Waals surface area contributed by atoms with Crippen molar-refractivity contribution in [2.24, 2.45) is 0 Å². The number of halogens is 1. The third-order valence-electron chi connectivity index (χ3n) is 1.34. The van der Waals surface area contributed by atoms with Gasteiger partial charge in [-0.1, -0.05) is 5.92 Å². The zero-order valence-electron chi connectivity index (χ0n) is 6.60. The minimum absolute atomic E-state index is 0.117. The maximum Gasteiger partial charge on any atom is 0.235 e. The van der Waals surface area contributed by atoms with Crippen molar-refractivity contribution in [3.05, 3.63) is 33.4 Å². The summed E-state index contributed by atoms with van der Waals surface area (Å²) in [6.07, 6.45) is 0. The lowest BCUT2D eigenvalue weighted by Gasteiger charge is -1.92. The standard InChI is InChI=1S/C10H7IO/c1-2-3-10(12)8-4-6-9(11)7-5-8/h4-7H,1H3. The third-order valence-corrected chi connectivity index (χ3v) is 2.06. The maximum absolute atomic E-state index is 11.2. The predicted molar refractivity (Wildman–Crippen MR) is 56.9 cm³/mol. The highest BCUT2D eigenvalue weighted by Crippen LogP contribution is 2.06. The van der Waals surface area contributed by atoms with Gasteiger partial charge in [0.15, 0.2) is 0 Å². The summed E-state index contributed by atoms with van der Waals surface area (Å²) < 4.78 is 1.12. The largest absolute Gasteiger partial charge is 0.279 e. The van der Waals surface area contributed by atoms with Crippen LogP contribution < -0.4 is 0 Å². The first-order chi connectivity index (χ1) is 5.74. The zero-order chi connectivity index (χ0) is 8.97. The molecule has 0 atom stereocenters. The van der Waals surface area contributed by atoms with Crippen LogP contribution in [0.2, 0.25) is 0 Å². The van der Waals surface area contributed by atoms with Gasteiger partial charge in [0.05, 0.1) is 0 Å². The minimum Gasteiger partial charge on any atom is -0.279 e. The van der Waals surface area contributed by atoms with Crippen LogP contribution in [0.3, 0.4) is 0 Å². The van der Waals surface area contributed by atoms with Gasteiger partial charge in [-0.3, -0.25) is 4.79 Å². The van der Waals surface area contributed by atoms with Crippen LogP contribution >= 0.6 is 22.6 Å². The van der Waals surface area contributed by atoms with Crippen molar-refractivity contribution in [3.63, 3.8) is 0 Å². The van der Waals surface area contributed by atoms with Gasteiger partial charge in [-0.15, -0.1) is 0 Å². The van der Waals surface area contributed by atoms with E-state index in [9.17, 15) is 4.79 Å². The Morgan fingerprint density at radius 2 is 1.92 bits per heavy atom. The van der Waals surface area contributed by atoms with E-state index in [-0.39, 0.29) is 5.78 Å². The molecule has 0 radical (unpaired) electrons. The highest BCUT2D eigenvalue weighted by Gasteiger charge is 1.99. The number of rotatable bonds is 1. The molecule has 1 nitrogen and oxygen atoms in total. The summed E-state index contributed by atoms with van der Waals surface area (Å²) in [5.41, 5.74) is 0.657. The Hall–Kier alpha value is -0.820. The van der Waals surface area contributed by atoms with E-state index in [0.29, 0.717) is 5.56 Å². The van der Waals surface area contributed by atoms with Crippen molar-refractivity contribution < 1.29 is 4.79 Å². The summed E-state index contributed by atoms with van der Waals surface area (Å²) in [7, 11) is 0. The van der Waals surface area contributed by atoms with E-state index in [1.165, 1.54) is 0 Å². The average Bonchev–Trinajstić information content (AvgIpc) is 2.06. The Balaban J connectivity index is 2.95. The van der Waals surface area contributed by atoms with Gasteiger partial charge in [-0.25, -0.2) is 0 Å². The molecule has 0 saturated carbocycles. The van der Waals surface area contributed by atoms with E-state index in [1.54, 1.807) is 19.1 Å². The number of carbonyl (C=O) groups excluding carboxylic acids is 1. The fourth-order valence-corrected chi connectivity index (χ4v) is 1.15. The Morgan fingerprint density at radius 3 is 2.42 bits per heavy atom. The summed E-state index contributed by atoms with van der Waals surface area (Å²) in [5, 5.41) is 0. The first-order valence-corrected chi connectivity index (χ1v) is 4.54. The lowest BCUT2D eigenvalue weighted by Crippen LogP contribution is -1.93. The SMILES string of the molecule is CC#CC(=O)c1ccc(I)cc1. The molecule has 2 heteroatoms. The highest BCUT2D eigenvalue weighted by atomic mass is 127. The quantitative estimate of drug-likeness (QED) is 0.331. The highest BCUT2D eigenvalue weighted by molar-refractivity contribution is 14.1. The van der Waals surface area contributed by atoms with Crippen molar-refractivity contribution in [2.45, 2.75) is 6.92 Å². The van der Waals surface area contributed by atoms with E-state index in [4.69, 9.17) is 0 Å². The van der Waals surface area contributed by atoms with Gasteiger partial charge >= 0.3 is 0 Å². The molecular weight excluding hydrogens is 263 g/mol. The van der Waals surface area contributed by atoms with E-state index >= 15 is 0 Å². The fraction of sp³-hybridized carbons (Fsp3) is 0.100. The van der Waals surface area contributed by atoms with Crippen molar-refractivity contribution in [1.29, 1.82) is 0 Å². The number of ketones is 1. The van der Waals surface area contributed by atoms with Gasteiger partial charge in [-0.2, -0.15) is 0 Å². The van der Waals surface area contributed by atoms with Gasteiger partial charge in [-0.05, 0) is 59.7 Å². The monoisotopic (exact) mass is 270 g/mol. The van der Waals surface area contributed by atoms with E-state index in [2.05, 4.69) is 34.4 Å². The van der Waals surface area contributed by atoms with E-state index in [0.717, 1.165) is 3.57 Å². The van der Waals surface area contributed by atoms with E-state index < -0.39 is 0 Å². The molecule has 0 spiro atoms. The molecule has 0 amide bonds. The molecule has 0 aliphatic rings. The average molecular weight is 270 g/mol. The molecule has 1 rings (SSSR count). The summed E-state index contributed by atoms with van der Waals surface area (Å²) in [5.74, 6) is 4.95. The third kappa shape index (κ3) is 2.35. The summed E-state index contributed by atoms with van der Waals surface area (Å²) in [6, 6.07) is 7.36. The fourth-order valence-electron chi connectivity index (χ4n) is 0.787. The summed E-state index contributed by atoms with van der Waals surface area (Å²) >= 11 is 2.19. The first kappa shape index (κ1) is 9.27. The van der Waals surface area contributed by atoms with Crippen LogP contribution in [0, 0.1) is 15.4 Å². The Morgan fingerprint density at radius 1 is 1.33 bits per heavy atom. The van der Waals surface area contributed by atoms with Crippen LogP contribution in [0.15, 0.2) is 24.3 Å². The molecule has 0 heterocycles. The molecule has 60 valence electrons. The Bertz CT molecular complexity index is 340. The van der Waals surface area contributed by atoms with Crippen LogP contribution in [0.1, 0.15) is 17.3 Å². The van der Waals surface area contributed by atoms with Crippen molar-refractivity contribution in [1.82, 2.24) is 0 Å². The molecule has 0 aromatic heterocycles. The minimum atomic E-state index is -0.117. The summed E-state index contributed by atoms with van der Waals surface area (Å²) in [6.45, 7) is 1.66. The number of hydrogen-bond donors (Lipinski definition) is 0. The predicted octanol–water partition coefficient (Wildman–Crippen LogP) is 2.50. The second-order valence-corrected chi connectivity index (χ2v) is 3.46. The normalized spacial score (nSPS) is 8.50. The molecular formula is C10H7IO. The topological polar surface area (TPSA) is 17.1 Å². The Labute approximate surface area is 85.3 Å². The van der Waals surface area contributed by atoms with Crippen LogP contribution in [0.25, 0.3) is 0 Å². The lowest BCUT2D eigenvalue weighted by atomic mass is 10.1. The van der Waals surface area contributed by atoms with Crippen LogP contribution in [0.4, 0.5) is 0 Å². The first-order valence-electron chi connectivity index (χ1n) is 3.46. The van der Waals surface area contributed by atoms with Crippen LogP contribution in [0.5, 0.6) is 0 Å². The maximum atomic E-state index is 11.2. The van der Waals surface area contributed by atoms with Crippen LogP contribution in [-0.2, 0) is 0 Å².